The molecule has 1 aliphatic carbocycles. The van der Waals surface area contributed by atoms with Crippen molar-refractivity contribution in [1.82, 2.24) is 15.0 Å². The molecule has 242 valence electrons. The van der Waals surface area contributed by atoms with E-state index in [1.807, 2.05) is 78.9 Å². The van der Waals surface area contributed by atoms with Gasteiger partial charge in [-0.3, -0.25) is 0 Å². The van der Waals surface area contributed by atoms with Crippen LogP contribution in [-0.4, -0.2) is 15.0 Å². The molecule has 52 heavy (non-hydrogen) atoms. The Morgan fingerprint density at radius 1 is 0.404 bits per heavy atom. The first-order valence-electron chi connectivity index (χ1n) is 17.2. The minimum Gasteiger partial charge on any atom is -0.457 e. The lowest BCUT2D eigenvalue weighted by Gasteiger charge is -2.39. The average Bonchev–Trinajstić information content (AvgIpc) is 3.52. The Labute approximate surface area is 301 Å². The van der Waals surface area contributed by atoms with Gasteiger partial charge in [0, 0.05) is 27.8 Å². The summed E-state index contributed by atoms with van der Waals surface area (Å²) in [6, 6.07) is 60.2. The number of aromatic nitrogens is 3. The molecule has 0 radical (unpaired) electrons. The summed E-state index contributed by atoms with van der Waals surface area (Å²) >= 11 is 0. The third-order valence-electron chi connectivity index (χ3n) is 10.2. The third kappa shape index (κ3) is 4.52. The fraction of sp³-hybridized carbons (Fsp3) is 0.0213. The molecule has 0 fully saturated rings. The molecule has 0 unspecified atom stereocenters. The SMILES string of the molecule is N#Cc1ccc2c(c1)C1(c3cc(-c4ccc(-c5nc(-c6ccccc6)nc(-c6ccccc6)n5)cc4)ccc3O2)c2ccccc2-c2ccccc21. The maximum atomic E-state index is 10.00. The summed E-state index contributed by atoms with van der Waals surface area (Å²) < 4.78 is 6.63. The molecule has 0 amide bonds. The summed E-state index contributed by atoms with van der Waals surface area (Å²) in [5.74, 6) is 3.44. The molecule has 0 saturated carbocycles. The number of benzene rings is 7. The van der Waals surface area contributed by atoms with E-state index in [9.17, 15) is 5.26 Å². The number of rotatable bonds is 4. The highest BCUT2D eigenvalue weighted by atomic mass is 16.5. The van der Waals surface area contributed by atoms with E-state index in [0.29, 0.717) is 23.0 Å². The first-order valence-corrected chi connectivity index (χ1v) is 17.2. The van der Waals surface area contributed by atoms with Crippen LogP contribution < -0.4 is 4.74 Å². The lowest BCUT2D eigenvalue weighted by molar-refractivity contribution is 0.436. The Morgan fingerprint density at radius 2 is 0.846 bits per heavy atom. The minimum absolute atomic E-state index is 0.600. The average molecular weight is 665 g/mol. The molecule has 10 rings (SSSR count). The normalized spacial score (nSPS) is 12.9. The van der Waals surface area contributed by atoms with Crippen molar-refractivity contribution in [3.63, 3.8) is 0 Å². The molecule has 7 aromatic carbocycles. The largest absolute Gasteiger partial charge is 0.457 e. The molecular formula is C47H28N4O. The number of fused-ring (bicyclic) bond motifs is 9. The topological polar surface area (TPSA) is 71.7 Å². The maximum Gasteiger partial charge on any atom is 0.164 e. The van der Waals surface area contributed by atoms with Crippen LogP contribution in [0, 0.1) is 11.3 Å². The molecule has 0 N–H and O–H groups in total. The van der Waals surface area contributed by atoms with E-state index in [-0.39, 0.29) is 0 Å². The van der Waals surface area contributed by atoms with Crippen LogP contribution in [0.3, 0.4) is 0 Å². The van der Waals surface area contributed by atoms with Crippen LogP contribution >= 0.6 is 0 Å². The standard InChI is InChI=1S/C47H28N4O/c48-29-30-19-25-42-40(27-30)47(38-17-9-7-15-36(38)37-16-8-10-18-39(37)47)41-28-35(24-26-43(41)52-42)31-20-22-34(23-21-31)46-50-44(32-11-3-1-4-12-32)49-45(51-46)33-13-5-2-6-14-33/h1-28H. The zero-order chi connectivity index (χ0) is 34.6. The summed E-state index contributed by atoms with van der Waals surface area (Å²) in [6.07, 6.45) is 0. The molecule has 5 nitrogen and oxygen atoms in total. The quantitative estimate of drug-likeness (QED) is 0.187. The highest BCUT2D eigenvalue weighted by molar-refractivity contribution is 5.89. The molecule has 0 atom stereocenters. The van der Waals surface area contributed by atoms with Crippen molar-refractivity contribution in [2.24, 2.45) is 0 Å². The maximum absolute atomic E-state index is 10.00. The van der Waals surface area contributed by atoms with Crippen molar-refractivity contribution < 1.29 is 4.74 Å². The molecule has 1 aliphatic heterocycles. The van der Waals surface area contributed by atoms with Crippen molar-refractivity contribution in [2.75, 3.05) is 0 Å². The fourth-order valence-corrected chi connectivity index (χ4v) is 7.90. The summed E-state index contributed by atoms with van der Waals surface area (Å²) in [7, 11) is 0. The number of hydrogen-bond donors (Lipinski definition) is 0. The van der Waals surface area contributed by atoms with Gasteiger partial charge in [0.1, 0.15) is 11.5 Å². The Balaban J connectivity index is 1.12. The monoisotopic (exact) mass is 664 g/mol. The molecule has 0 saturated heterocycles. The second-order valence-corrected chi connectivity index (χ2v) is 13.1. The number of nitriles is 1. The molecular weight excluding hydrogens is 637 g/mol. The number of hydrogen-bond acceptors (Lipinski definition) is 5. The van der Waals surface area contributed by atoms with Crippen molar-refractivity contribution in [3.05, 3.63) is 198 Å². The van der Waals surface area contributed by atoms with Crippen molar-refractivity contribution >= 4 is 0 Å². The van der Waals surface area contributed by atoms with Gasteiger partial charge in [0.2, 0.25) is 0 Å². The van der Waals surface area contributed by atoms with Crippen LogP contribution in [0.5, 0.6) is 11.5 Å². The van der Waals surface area contributed by atoms with Gasteiger partial charge in [0.25, 0.3) is 0 Å². The molecule has 8 aromatic rings. The predicted molar refractivity (Wildman–Crippen MR) is 204 cm³/mol. The molecule has 2 heterocycles. The molecule has 1 spiro atoms. The van der Waals surface area contributed by atoms with Gasteiger partial charge in [-0.2, -0.15) is 5.26 Å². The highest BCUT2D eigenvalue weighted by Crippen LogP contribution is 2.62. The van der Waals surface area contributed by atoms with Gasteiger partial charge in [-0.1, -0.05) is 140 Å². The van der Waals surface area contributed by atoms with Crippen LogP contribution in [0.15, 0.2) is 170 Å². The zero-order valence-corrected chi connectivity index (χ0v) is 27.9. The molecule has 2 aliphatic rings. The lowest BCUT2D eigenvalue weighted by Crippen LogP contribution is -2.32. The predicted octanol–water partition coefficient (Wildman–Crippen LogP) is 10.9. The van der Waals surface area contributed by atoms with Gasteiger partial charge in [0.15, 0.2) is 17.5 Å². The smallest absolute Gasteiger partial charge is 0.164 e. The Kier molecular flexibility index (Phi) is 6.70. The fourth-order valence-electron chi connectivity index (χ4n) is 7.90. The van der Waals surface area contributed by atoms with E-state index in [0.717, 1.165) is 50.4 Å². The summed E-state index contributed by atoms with van der Waals surface area (Å²) in [5.41, 5.74) is 11.6. The molecule has 5 heteroatoms. The van der Waals surface area contributed by atoms with Crippen molar-refractivity contribution in [1.29, 1.82) is 5.26 Å². The third-order valence-corrected chi connectivity index (χ3v) is 10.2. The van der Waals surface area contributed by atoms with Gasteiger partial charge in [-0.25, -0.2) is 15.0 Å². The minimum atomic E-state index is -0.661. The van der Waals surface area contributed by atoms with Gasteiger partial charge >= 0.3 is 0 Å². The van der Waals surface area contributed by atoms with Gasteiger partial charge in [0.05, 0.1) is 17.0 Å². The van der Waals surface area contributed by atoms with Crippen molar-refractivity contribution in [2.45, 2.75) is 5.41 Å². The number of ether oxygens (including phenoxy) is 1. The van der Waals surface area contributed by atoms with Crippen LogP contribution in [-0.2, 0) is 5.41 Å². The van der Waals surface area contributed by atoms with E-state index in [4.69, 9.17) is 19.7 Å². The van der Waals surface area contributed by atoms with Crippen LogP contribution in [0.25, 0.3) is 56.4 Å². The second kappa shape index (κ2) is 11.7. The van der Waals surface area contributed by atoms with Gasteiger partial charge < -0.3 is 4.74 Å². The first kappa shape index (κ1) is 29.7. The van der Waals surface area contributed by atoms with Crippen LogP contribution in [0.2, 0.25) is 0 Å². The highest BCUT2D eigenvalue weighted by Gasteiger charge is 2.51. The summed E-state index contributed by atoms with van der Waals surface area (Å²) in [6.45, 7) is 0. The summed E-state index contributed by atoms with van der Waals surface area (Å²) in [5, 5.41) is 10.00. The summed E-state index contributed by atoms with van der Waals surface area (Å²) in [4.78, 5) is 14.7. The molecule has 0 bridgehead atoms. The van der Waals surface area contributed by atoms with Gasteiger partial charge in [-0.05, 0) is 63.7 Å². The Hall–Kier alpha value is -7.16. The van der Waals surface area contributed by atoms with E-state index in [1.54, 1.807) is 0 Å². The van der Waals surface area contributed by atoms with E-state index < -0.39 is 5.41 Å². The lowest BCUT2D eigenvalue weighted by atomic mass is 9.65. The van der Waals surface area contributed by atoms with Crippen LogP contribution in [0.1, 0.15) is 27.8 Å². The molecule has 1 aromatic heterocycles. The van der Waals surface area contributed by atoms with Gasteiger partial charge in [-0.15, -0.1) is 0 Å². The Bertz CT molecular complexity index is 2610. The van der Waals surface area contributed by atoms with E-state index in [2.05, 4.69) is 97.1 Å². The zero-order valence-electron chi connectivity index (χ0n) is 27.9. The van der Waals surface area contributed by atoms with E-state index in [1.165, 1.54) is 22.3 Å². The number of nitrogens with zero attached hydrogens (tertiary/aromatic N) is 4. The Morgan fingerprint density at radius 3 is 1.40 bits per heavy atom. The second-order valence-electron chi connectivity index (χ2n) is 13.1. The van der Waals surface area contributed by atoms with Crippen LogP contribution in [0.4, 0.5) is 0 Å². The first-order chi connectivity index (χ1) is 25.7. The van der Waals surface area contributed by atoms with E-state index >= 15 is 0 Å². The van der Waals surface area contributed by atoms with Crippen molar-refractivity contribution in [3.8, 4) is 74.0 Å².